The van der Waals surface area contributed by atoms with Crippen LogP contribution in [0.5, 0.6) is 0 Å². The predicted molar refractivity (Wildman–Crippen MR) is 45.7 cm³/mol. The molecule has 0 saturated carbocycles. The van der Waals surface area contributed by atoms with E-state index in [0.717, 1.165) is 12.3 Å². The summed E-state index contributed by atoms with van der Waals surface area (Å²) < 4.78 is 37.3. The Balaban J connectivity index is 2.98. The molecule has 0 aliphatic rings. The number of carboxylic acid groups (broad SMARTS) is 1. The lowest BCUT2D eigenvalue weighted by Crippen LogP contribution is -2.37. The first-order valence-corrected chi connectivity index (χ1v) is 4.14. The Morgan fingerprint density at radius 1 is 1.56 bits per heavy atom. The van der Waals surface area contributed by atoms with Crippen molar-refractivity contribution in [1.29, 1.82) is 0 Å². The number of rotatable bonds is 3. The standard InChI is InChI=1S/C8H7F3N2O3/c9-8(10,11)5(7(15)16)4-13-6(14)2-1-3-12-13/h1-3,5H,4H2,(H,15,16). The second kappa shape index (κ2) is 4.33. The van der Waals surface area contributed by atoms with Crippen LogP contribution in [0, 0.1) is 5.92 Å². The van der Waals surface area contributed by atoms with Crippen molar-refractivity contribution in [3.63, 3.8) is 0 Å². The molecule has 0 bridgehead atoms. The van der Waals surface area contributed by atoms with Gasteiger partial charge in [-0.3, -0.25) is 9.59 Å². The monoisotopic (exact) mass is 236 g/mol. The van der Waals surface area contributed by atoms with E-state index in [1.165, 1.54) is 6.07 Å². The first kappa shape index (κ1) is 12.2. The molecule has 5 nitrogen and oxygen atoms in total. The minimum absolute atomic E-state index is 0.465. The van der Waals surface area contributed by atoms with E-state index < -0.39 is 30.2 Å². The quantitative estimate of drug-likeness (QED) is 0.829. The van der Waals surface area contributed by atoms with Crippen LogP contribution in [0.25, 0.3) is 0 Å². The van der Waals surface area contributed by atoms with Crippen molar-refractivity contribution in [3.8, 4) is 0 Å². The van der Waals surface area contributed by atoms with E-state index in [1.54, 1.807) is 0 Å². The highest BCUT2D eigenvalue weighted by atomic mass is 19.4. The topological polar surface area (TPSA) is 72.2 Å². The summed E-state index contributed by atoms with van der Waals surface area (Å²) in [6, 6.07) is 2.25. The van der Waals surface area contributed by atoms with Crippen LogP contribution in [0.3, 0.4) is 0 Å². The number of aliphatic carboxylic acids is 1. The first-order valence-electron chi connectivity index (χ1n) is 4.14. The van der Waals surface area contributed by atoms with Gasteiger partial charge in [-0.25, -0.2) is 4.68 Å². The number of aromatic nitrogens is 2. The highest BCUT2D eigenvalue weighted by Gasteiger charge is 2.45. The van der Waals surface area contributed by atoms with Crippen LogP contribution >= 0.6 is 0 Å². The average Bonchev–Trinajstić information content (AvgIpc) is 2.14. The molecule has 16 heavy (non-hydrogen) atoms. The summed E-state index contributed by atoms with van der Waals surface area (Å²) in [5.41, 5.74) is -0.780. The average molecular weight is 236 g/mol. The molecule has 0 spiro atoms. The Hall–Kier alpha value is -1.86. The van der Waals surface area contributed by atoms with E-state index in [9.17, 15) is 22.8 Å². The molecule has 1 aromatic rings. The molecule has 88 valence electrons. The minimum Gasteiger partial charge on any atom is -0.481 e. The van der Waals surface area contributed by atoms with Gasteiger partial charge in [0.05, 0.1) is 6.54 Å². The van der Waals surface area contributed by atoms with E-state index in [2.05, 4.69) is 5.10 Å². The van der Waals surface area contributed by atoms with Crippen molar-refractivity contribution >= 4 is 5.97 Å². The predicted octanol–water partition coefficient (Wildman–Crippen LogP) is 0.506. The molecule has 0 aliphatic heterocycles. The lowest BCUT2D eigenvalue weighted by atomic mass is 10.1. The van der Waals surface area contributed by atoms with Crippen molar-refractivity contribution in [3.05, 3.63) is 28.7 Å². The van der Waals surface area contributed by atoms with Crippen molar-refractivity contribution < 1.29 is 23.1 Å². The molecule has 1 rings (SSSR count). The molecule has 0 amide bonds. The molecular formula is C8H7F3N2O3. The molecule has 1 N–H and O–H groups in total. The SMILES string of the molecule is O=C(O)C(Cn1ncccc1=O)C(F)(F)F. The lowest BCUT2D eigenvalue weighted by Gasteiger charge is -2.15. The molecule has 1 aromatic heterocycles. The second-order valence-corrected chi connectivity index (χ2v) is 2.98. The molecule has 0 fully saturated rings. The first-order chi connectivity index (χ1) is 7.32. The van der Waals surface area contributed by atoms with Gasteiger partial charge in [-0.1, -0.05) is 0 Å². The Morgan fingerprint density at radius 3 is 2.62 bits per heavy atom. The summed E-state index contributed by atoms with van der Waals surface area (Å²) in [7, 11) is 0. The molecule has 1 atom stereocenters. The summed E-state index contributed by atoms with van der Waals surface area (Å²) in [5, 5.41) is 11.8. The van der Waals surface area contributed by atoms with Crippen LogP contribution in [0.2, 0.25) is 0 Å². The maximum absolute atomic E-state index is 12.3. The normalized spacial score (nSPS) is 13.4. The summed E-state index contributed by atoms with van der Waals surface area (Å²) in [4.78, 5) is 21.4. The molecule has 0 aromatic carbocycles. The molecule has 0 radical (unpaired) electrons. The zero-order valence-electron chi connectivity index (χ0n) is 7.81. The van der Waals surface area contributed by atoms with Gasteiger partial charge in [-0.05, 0) is 6.07 Å². The van der Waals surface area contributed by atoms with Crippen molar-refractivity contribution in [2.75, 3.05) is 0 Å². The molecule has 8 heteroatoms. The van der Waals surface area contributed by atoms with Crippen LogP contribution in [-0.4, -0.2) is 27.0 Å². The fourth-order valence-corrected chi connectivity index (χ4v) is 1.02. The van der Waals surface area contributed by atoms with Gasteiger partial charge in [0.25, 0.3) is 5.56 Å². The third kappa shape index (κ3) is 2.81. The third-order valence-corrected chi connectivity index (χ3v) is 1.83. The zero-order valence-corrected chi connectivity index (χ0v) is 7.81. The van der Waals surface area contributed by atoms with Crippen LogP contribution in [0.4, 0.5) is 13.2 Å². The summed E-state index contributed by atoms with van der Waals surface area (Å²) >= 11 is 0. The van der Waals surface area contributed by atoms with E-state index in [0.29, 0.717) is 4.68 Å². The fraction of sp³-hybridized carbons (Fsp3) is 0.375. The highest BCUT2D eigenvalue weighted by Crippen LogP contribution is 2.27. The van der Waals surface area contributed by atoms with E-state index >= 15 is 0 Å². The number of carbonyl (C=O) groups is 1. The third-order valence-electron chi connectivity index (χ3n) is 1.83. The number of hydrogen-bond acceptors (Lipinski definition) is 3. The van der Waals surface area contributed by atoms with Crippen LogP contribution < -0.4 is 5.56 Å². The lowest BCUT2D eigenvalue weighted by molar-refractivity contribution is -0.196. The molecular weight excluding hydrogens is 229 g/mol. The van der Waals surface area contributed by atoms with Gasteiger partial charge < -0.3 is 5.11 Å². The number of halogens is 3. The van der Waals surface area contributed by atoms with E-state index in [1.807, 2.05) is 0 Å². The largest absolute Gasteiger partial charge is 0.481 e. The molecule has 1 heterocycles. The maximum atomic E-state index is 12.3. The van der Waals surface area contributed by atoms with Gasteiger partial charge >= 0.3 is 12.1 Å². The van der Waals surface area contributed by atoms with Gasteiger partial charge in [0.2, 0.25) is 0 Å². The second-order valence-electron chi connectivity index (χ2n) is 2.98. The zero-order chi connectivity index (χ0) is 12.3. The smallest absolute Gasteiger partial charge is 0.404 e. The summed E-state index contributed by atoms with van der Waals surface area (Å²) in [6.45, 7) is -1.03. The maximum Gasteiger partial charge on any atom is 0.404 e. The highest BCUT2D eigenvalue weighted by molar-refractivity contribution is 5.70. The Labute approximate surface area is 87.1 Å². The molecule has 0 aliphatic carbocycles. The Morgan fingerprint density at radius 2 is 2.19 bits per heavy atom. The van der Waals surface area contributed by atoms with Crippen LogP contribution in [0.1, 0.15) is 0 Å². The fourth-order valence-electron chi connectivity index (χ4n) is 1.02. The summed E-state index contributed by atoms with van der Waals surface area (Å²) in [6.07, 6.45) is -3.81. The van der Waals surface area contributed by atoms with Gasteiger partial charge in [-0.15, -0.1) is 0 Å². The number of alkyl halides is 3. The van der Waals surface area contributed by atoms with E-state index in [-0.39, 0.29) is 0 Å². The van der Waals surface area contributed by atoms with Gasteiger partial charge in [0, 0.05) is 12.3 Å². The van der Waals surface area contributed by atoms with Crippen LogP contribution in [-0.2, 0) is 11.3 Å². The van der Waals surface area contributed by atoms with Crippen molar-refractivity contribution in [2.45, 2.75) is 12.7 Å². The number of hydrogen-bond donors (Lipinski definition) is 1. The Kier molecular flexibility index (Phi) is 3.31. The van der Waals surface area contributed by atoms with Gasteiger partial charge in [0.15, 0.2) is 5.92 Å². The summed E-state index contributed by atoms with van der Waals surface area (Å²) in [5.74, 6) is -4.68. The molecule has 0 saturated heterocycles. The van der Waals surface area contributed by atoms with Gasteiger partial charge in [-0.2, -0.15) is 18.3 Å². The van der Waals surface area contributed by atoms with Crippen molar-refractivity contribution in [2.24, 2.45) is 5.92 Å². The Bertz CT molecular complexity index is 441. The van der Waals surface area contributed by atoms with Crippen LogP contribution in [0.15, 0.2) is 23.1 Å². The molecule has 1 unspecified atom stereocenters. The minimum atomic E-state index is -4.91. The van der Waals surface area contributed by atoms with E-state index in [4.69, 9.17) is 5.11 Å². The number of nitrogens with zero attached hydrogens (tertiary/aromatic N) is 2. The number of carboxylic acids is 1. The van der Waals surface area contributed by atoms with Gasteiger partial charge in [0.1, 0.15) is 0 Å². The van der Waals surface area contributed by atoms with Crippen molar-refractivity contribution in [1.82, 2.24) is 9.78 Å².